The maximum atomic E-state index is 10.1. The van der Waals surface area contributed by atoms with E-state index in [-0.39, 0.29) is 0 Å². The number of nitrogens with one attached hydrogen (secondary N) is 1. The van der Waals surface area contributed by atoms with E-state index >= 15 is 0 Å². The lowest BCUT2D eigenvalue weighted by Crippen LogP contribution is -2.02. The summed E-state index contributed by atoms with van der Waals surface area (Å²) in [6, 6.07) is 7.95. The molecule has 0 spiro atoms. The number of H-pyrrole nitrogens is 1. The van der Waals surface area contributed by atoms with Crippen LogP contribution in [0.15, 0.2) is 30.5 Å². The van der Waals surface area contributed by atoms with Crippen LogP contribution in [-0.4, -0.2) is 15.3 Å². The van der Waals surface area contributed by atoms with Crippen molar-refractivity contribution in [1.29, 1.82) is 0 Å². The minimum atomic E-state index is -0.718. The molecule has 0 aliphatic rings. The molecule has 1 unspecified atom stereocenters. The molecule has 4 nitrogen and oxygen atoms in total. The lowest BCUT2D eigenvalue weighted by atomic mass is 10.0. The van der Waals surface area contributed by atoms with Crippen LogP contribution in [0.3, 0.4) is 0 Å². The van der Waals surface area contributed by atoms with E-state index in [9.17, 15) is 5.11 Å². The van der Waals surface area contributed by atoms with Crippen LogP contribution in [0.2, 0.25) is 0 Å². The highest BCUT2D eigenvalue weighted by atomic mass is 16.3. The summed E-state index contributed by atoms with van der Waals surface area (Å²) in [6.45, 7) is 2.15. The molecule has 1 atom stereocenters. The molecule has 1 aromatic heterocycles. The average molecular weight is 231 g/mol. The molecule has 1 aromatic carbocycles. The van der Waals surface area contributed by atoms with Crippen molar-refractivity contribution in [3.8, 4) is 0 Å². The normalized spacial score (nSPS) is 12.6. The molecule has 0 amide bonds. The highest BCUT2D eigenvalue weighted by molar-refractivity contribution is 5.43. The number of benzene rings is 1. The van der Waals surface area contributed by atoms with E-state index in [0.717, 1.165) is 18.4 Å². The first kappa shape index (κ1) is 11.7. The van der Waals surface area contributed by atoms with Crippen molar-refractivity contribution in [3.05, 3.63) is 47.2 Å². The summed E-state index contributed by atoms with van der Waals surface area (Å²) < 4.78 is 0. The first-order valence-electron chi connectivity index (χ1n) is 5.78. The Kier molecular flexibility index (Phi) is 3.44. The van der Waals surface area contributed by atoms with E-state index in [0.29, 0.717) is 11.4 Å². The summed E-state index contributed by atoms with van der Waals surface area (Å²) >= 11 is 0. The largest absolute Gasteiger partial charge is 0.384 e. The maximum Gasteiger partial charge on any atom is 0.125 e. The zero-order valence-electron chi connectivity index (χ0n) is 9.85. The van der Waals surface area contributed by atoms with Gasteiger partial charge in [0.05, 0.1) is 6.20 Å². The van der Waals surface area contributed by atoms with Crippen molar-refractivity contribution >= 4 is 5.82 Å². The van der Waals surface area contributed by atoms with Gasteiger partial charge in [0.2, 0.25) is 0 Å². The standard InChI is InChI=1S/C13H17N3O/c1-2-3-9-4-6-10(7-5-9)12(17)11-8-15-16-13(11)14/h4-8,12,17H,2-3H2,1H3,(H3,14,15,16). The number of nitrogen functional groups attached to an aromatic ring is 1. The molecule has 0 fully saturated rings. The van der Waals surface area contributed by atoms with Crippen molar-refractivity contribution in [2.75, 3.05) is 5.73 Å². The number of aromatic nitrogens is 2. The smallest absolute Gasteiger partial charge is 0.125 e. The Morgan fingerprint density at radius 3 is 2.59 bits per heavy atom. The van der Waals surface area contributed by atoms with Gasteiger partial charge < -0.3 is 10.8 Å². The van der Waals surface area contributed by atoms with Gasteiger partial charge in [-0.1, -0.05) is 37.6 Å². The van der Waals surface area contributed by atoms with Gasteiger partial charge in [-0.05, 0) is 17.5 Å². The minimum Gasteiger partial charge on any atom is -0.384 e. The van der Waals surface area contributed by atoms with Gasteiger partial charge in [-0.15, -0.1) is 0 Å². The molecule has 0 radical (unpaired) electrons. The number of nitrogens with zero attached hydrogens (tertiary/aromatic N) is 1. The molecule has 2 aromatic rings. The predicted molar refractivity (Wildman–Crippen MR) is 67.5 cm³/mol. The van der Waals surface area contributed by atoms with E-state index in [1.165, 1.54) is 5.56 Å². The fourth-order valence-corrected chi connectivity index (χ4v) is 1.86. The maximum absolute atomic E-state index is 10.1. The fourth-order valence-electron chi connectivity index (χ4n) is 1.86. The van der Waals surface area contributed by atoms with Crippen LogP contribution in [0, 0.1) is 0 Å². The SMILES string of the molecule is CCCc1ccc(C(O)c2cn[nH]c2N)cc1. The van der Waals surface area contributed by atoms with Gasteiger partial charge in [0.1, 0.15) is 11.9 Å². The second kappa shape index (κ2) is 5.01. The van der Waals surface area contributed by atoms with Crippen LogP contribution in [0.5, 0.6) is 0 Å². The summed E-state index contributed by atoms with van der Waals surface area (Å²) in [6.07, 6.45) is 3.02. The molecular weight excluding hydrogens is 214 g/mol. The Hall–Kier alpha value is -1.81. The third-order valence-corrected chi connectivity index (χ3v) is 2.83. The fraction of sp³-hybridized carbons (Fsp3) is 0.308. The van der Waals surface area contributed by atoms with Crippen LogP contribution in [0.25, 0.3) is 0 Å². The highest BCUT2D eigenvalue weighted by Crippen LogP contribution is 2.25. The highest BCUT2D eigenvalue weighted by Gasteiger charge is 2.14. The summed E-state index contributed by atoms with van der Waals surface area (Å²) in [5, 5.41) is 16.6. The molecule has 4 heteroatoms. The lowest BCUT2D eigenvalue weighted by Gasteiger charge is -2.10. The van der Waals surface area contributed by atoms with Gasteiger partial charge in [0, 0.05) is 5.56 Å². The number of aliphatic hydroxyl groups excluding tert-OH is 1. The van der Waals surface area contributed by atoms with Crippen molar-refractivity contribution in [3.63, 3.8) is 0 Å². The van der Waals surface area contributed by atoms with E-state index in [1.54, 1.807) is 6.20 Å². The van der Waals surface area contributed by atoms with Crippen molar-refractivity contribution in [2.45, 2.75) is 25.9 Å². The zero-order valence-corrected chi connectivity index (χ0v) is 9.85. The average Bonchev–Trinajstić information content (AvgIpc) is 2.76. The van der Waals surface area contributed by atoms with Crippen LogP contribution in [0.1, 0.15) is 36.1 Å². The monoisotopic (exact) mass is 231 g/mol. The van der Waals surface area contributed by atoms with Crippen molar-refractivity contribution < 1.29 is 5.11 Å². The summed E-state index contributed by atoms with van der Waals surface area (Å²) in [5.41, 5.74) is 8.41. The molecule has 90 valence electrons. The summed E-state index contributed by atoms with van der Waals surface area (Å²) in [4.78, 5) is 0. The molecule has 0 saturated heterocycles. The molecule has 0 bridgehead atoms. The zero-order chi connectivity index (χ0) is 12.3. The van der Waals surface area contributed by atoms with Gasteiger partial charge >= 0.3 is 0 Å². The van der Waals surface area contributed by atoms with Crippen molar-refractivity contribution in [2.24, 2.45) is 0 Å². The van der Waals surface area contributed by atoms with Crippen LogP contribution >= 0.6 is 0 Å². The lowest BCUT2D eigenvalue weighted by molar-refractivity contribution is 0.221. The molecule has 2 rings (SSSR count). The Balaban J connectivity index is 2.20. The number of rotatable bonds is 4. The topological polar surface area (TPSA) is 74.9 Å². The van der Waals surface area contributed by atoms with Crippen LogP contribution < -0.4 is 5.73 Å². The van der Waals surface area contributed by atoms with Gasteiger partial charge in [0.15, 0.2) is 0 Å². The van der Waals surface area contributed by atoms with Gasteiger partial charge in [-0.2, -0.15) is 5.10 Å². The molecule has 0 aliphatic carbocycles. The number of anilines is 1. The molecule has 17 heavy (non-hydrogen) atoms. The number of hydrogen-bond acceptors (Lipinski definition) is 3. The first-order valence-corrected chi connectivity index (χ1v) is 5.78. The summed E-state index contributed by atoms with van der Waals surface area (Å²) in [5.74, 6) is 0.412. The number of aliphatic hydroxyl groups is 1. The quantitative estimate of drug-likeness (QED) is 0.753. The Morgan fingerprint density at radius 1 is 1.35 bits per heavy atom. The molecule has 0 saturated carbocycles. The summed E-state index contributed by atoms with van der Waals surface area (Å²) in [7, 11) is 0. The van der Waals surface area contributed by atoms with Gasteiger partial charge in [-0.25, -0.2) is 0 Å². The third kappa shape index (κ3) is 2.47. The Labute approximate surface area is 100 Å². The second-order valence-corrected chi connectivity index (χ2v) is 4.13. The first-order chi connectivity index (χ1) is 8.22. The molecule has 1 heterocycles. The van der Waals surface area contributed by atoms with E-state index in [4.69, 9.17) is 5.73 Å². The minimum absolute atomic E-state index is 0.412. The van der Waals surface area contributed by atoms with E-state index < -0.39 is 6.10 Å². The van der Waals surface area contributed by atoms with E-state index in [1.807, 2.05) is 24.3 Å². The molecule has 0 aliphatic heterocycles. The van der Waals surface area contributed by atoms with Crippen LogP contribution in [0.4, 0.5) is 5.82 Å². The van der Waals surface area contributed by atoms with Gasteiger partial charge in [-0.3, -0.25) is 5.10 Å². The molecule has 4 N–H and O–H groups in total. The Bertz CT molecular complexity index is 476. The van der Waals surface area contributed by atoms with E-state index in [2.05, 4.69) is 17.1 Å². The predicted octanol–water partition coefficient (Wildman–Crippen LogP) is 2.03. The van der Waals surface area contributed by atoms with Crippen LogP contribution in [-0.2, 0) is 6.42 Å². The molecular formula is C13H17N3O. The number of aromatic amines is 1. The Morgan fingerprint density at radius 2 is 2.06 bits per heavy atom. The number of nitrogens with two attached hydrogens (primary N) is 1. The number of aryl methyl sites for hydroxylation is 1. The number of hydrogen-bond donors (Lipinski definition) is 3. The van der Waals surface area contributed by atoms with Gasteiger partial charge in [0.25, 0.3) is 0 Å². The van der Waals surface area contributed by atoms with Crippen molar-refractivity contribution in [1.82, 2.24) is 10.2 Å². The second-order valence-electron chi connectivity index (χ2n) is 4.13. The third-order valence-electron chi connectivity index (χ3n) is 2.83.